The Morgan fingerprint density at radius 1 is 1.14 bits per heavy atom. The number of amides is 1. The topological polar surface area (TPSA) is 128 Å². The minimum Gasteiger partial charge on any atom is -0.457 e. The van der Waals surface area contributed by atoms with Crippen LogP contribution in [0.25, 0.3) is 16.7 Å². The van der Waals surface area contributed by atoms with E-state index in [2.05, 4.69) is 16.7 Å². The van der Waals surface area contributed by atoms with E-state index in [4.69, 9.17) is 10.5 Å². The molecular weight excluding hydrogens is 460 g/mol. The van der Waals surface area contributed by atoms with Crippen molar-refractivity contribution in [2.75, 3.05) is 13.1 Å². The van der Waals surface area contributed by atoms with E-state index in [1.165, 1.54) is 16.8 Å². The minimum atomic E-state index is -0.320. The van der Waals surface area contributed by atoms with E-state index in [0.717, 1.165) is 0 Å². The van der Waals surface area contributed by atoms with Crippen LogP contribution in [0, 0.1) is 0 Å². The van der Waals surface area contributed by atoms with Gasteiger partial charge in [-0.3, -0.25) is 18.9 Å². The zero-order chi connectivity index (χ0) is 25.2. The average molecular weight is 485 g/mol. The van der Waals surface area contributed by atoms with Crippen molar-refractivity contribution in [3.63, 3.8) is 0 Å². The van der Waals surface area contributed by atoms with Crippen LogP contribution in [-0.2, 0) is 4.79 Å². The summed E-state index contributed by atoms with van der Waals surface area (Å²) in [5.41, 5.74) is 7.32. The van der Waals surface area contributed by atoms with Gasteiger partial charge in [0.1, 0.15) is 22.7 Å². The normalized spacial score (nSPS) is 15.8. The van der Waals surface area contributed by atoms with Crippen molar-refractivity contribution in [2.45, 2.75) is 12.5 Å². The molecule has 3 heterocycles. The molecule has 1 saturated heterocycles. The van der Waals surface area contributed by atoms with Gasteiger partial charge in [-0.25, -0.2) is 4.79 Å². The zero-order valence-corrected chi connectivity index (χ0v) is 19.3. The van der Waals surface area contributed by atoms with Crippen LogP contribution in [0.3, 0.4) is 0 Å². The van der Waals surface area contributed by atoms with Gasteiger partial charge in [0.25, 0.3) is 0 Å². The molecule has 2 aromatic carbocycles. The van der Waals surface area contributed by atoms with Crippen LogP contribution in [-0.4, -0.2) is 49.1 Å². The van der Waals surface area contributed by atoms with Crippen LogP contribution in [0.15, 0.2) is 89.5 Å². The maximum Gasteiger partial charge on any atom is 0.334 e. The fourth-order valence-corrected chi connectivity index (χ4v) is 4.56. The number of oxime groups is 1. The number of carbonyl (C=O) groups is 1. The maximum atomic E-state index is 13.9. The molecule has 0 radical (unpaired) electrons. The summed E-state index contributed by atoms with van der Waals surface area (Å²) < 4.78 is 9.01. The minimum absolute atomic E-state index is 0.174. The number of fused-ring (bicyclic) bond motifs is 1. The number of benzene rings is 2. The van der Waals surface area contributed by atoms with Crippen LogP contribution in [0.2, 0.25) is 0 Å². The van der Waals surface area contributed by atoms with Gasteiger partial charge in [0.2, 0.25) is 5.91 Å². The third-order valence-corrected chi connectivity index (χ3v) is 6.22. The van der Waals surface area contributed by atoms with E-state index in [1.54, 1.807) is 39.8 Å². The monoisotopic (exact) mass is 484 g/mol. The van der Waals surface area contributed by atoms with Gasteiger partial charge in [0, 0.05) is 19.3 Å². The quantitative estimate of drug-likeness (QED) is 0.142. The number of rotatable bonds is 6. The molecule has 1 aliphatic heterocycles. The second kappa shape index (κ2) is 9.41. The van der Waals surface area contributed by atoms with Gasteiger partial charge in [-0.1, -0.05) is 29.9 Å². The first-order valence-electron chi connectivity index (χ1n) is 11.4. The van der Waals surface area contributed by atoms with Gasteiger partial charge in [-0.05, 0) is 55.0 Å². The molecule has 1 aliphatic rings. The number of pyridine rings is 1. The average Bonchev–Trinajstić information content (AvgIpc) is 3.51. The lowest BCUT2D eigenvalue weighted by molar-refractivity contribution is -0.125. The molecule has 10 nitrogen and oxygen atoms in total. The molecule has 1 fully saturated rings. The Morgan fingerprint density at radius 2 is 1.86 bits per heavy atom. The zero-order valence-electron chi connectivity index (χ0n) is 19.3. The molecule has 36 heavy (non-hydrogen) atoms. The summed E-state index contributed by atoms with van der Waals surface area (Å²) in [6.45, 7) is 4.44. The number of amidine groups is 1. The SMILES string of the molecule is C=CC(=O)N1CC[C@@H](n2c(=O)n(-c3ccc(Oc4ccccc4)cc3)c3c(/C(N)=N/O)nccc32)C1. The maximum absolute atomic E-state index is 13.9. The lowest BCUT2D eigenvalue weighted by Crippen LogP contribution is -2.31. The fraction of sp³-hybridized carbons (Fsp3) is 0.154. The first kappa shape index (κ1) is 22.9. The smallest absolute Gasteiger partial charge is 0.334 e. The Morgan fingerprint density at radius 3 is 2.56 bits per heavy atom. The number of imidazole rings is 1. The van der Waals surface area contributed by atoms with E-state index in [1.807, 2.05) is 30.3 Å². The van der Waals surface area contributed by atoms with Crippen LogP contribution in [0.5, 0.6) is 11.5 Å². The number of carbonyl (C=O) groups excluding carboxylic acids is 1. The Balaban J connectivity index is 1.63. The molecule has 0 saturated carbocycles. The predicted molar refractivity (Wildman–Crippen MR) is 135 cm³/mol. The van der Waals surface area contributed by atoms with E-state index in [9.17, 15) is 14.8 Å². The molecule has 0 spiro atoms. The van der Waals surface area contributed by atoms with Gasteiger partial charge < -0.3 is 20.6 Å². The largest absolute Gasteiger partial charge is 0.457 e. The Kier molecular flexibility index (Phi) is 5.99. The number of hydrogen-bond donors (Lipinski definition) is 2. The van der Waals surface area contributed by atoms with E-state index < -0.39 is 0 Å². The number of likely N-dealkylation sites (tertiary alicyclic amines) is 1. The van der Waals surface area contributed by atoms with Gasteiger partial charge >= 0.3 is 5.69 Å². The van der Waals surface area contributed by atoms with Gasteiger partial charge in [-0.15, -0.1) is 0 Å². The highest BCUT2D eigenvalue weighted by Crippen LogP contribution is 2.29. The van der Waals surface area contributed by atoms with Crippen molar-refractivity contribution in [3.05, 3.63) is 95.7 Å². The lowest BCUT2D eigenvalue weighted by Gasteiger charge is -2.15. The number of nitrogens with zero attached hydrogens (tertiary/aromatic N) is 5. The van der Waals surface area contributed by atoms with Crippen molar-refractivity contribution in [3.8, 4) is 17.2 Å². The summed E-state index contributed by atoms with van der Waals surface area (Å²) in [6.07, 6.45) is 3.38. The van der Waals surface area contributed by atoms with Crippen LogP contribution >= 0.6 is 0 Å². The summed E-state index contributed by atoms with van der Waals surface area (Å²) in [6, 6.07) is 17.9. The second-order valence-corrected chi connectivity index (χ2v) is 8.34. The first-order valence-corrected chi connectivity index (χ1v) is 11.4. The molecule has 1 atom stereocenters. The molecule has 4 aromatic rings. The van der Waals surface area contributed by atoms with Gasteiger partial charge in [0.15, 0.2) is 5.84 Å². The van der Waals surface area contributed by atoms with Crippen LogP contribution in [0.4, 0.5) is 0 Å². The molecular formula is C26H24N6O4. The number of nitrogens with two attached hydrogens (primary N) is 1. The van der Waals surface area contributed by atoms with Gasteiger partial charge in [-0.2, -0.15) is 0 Å². The van der Waals surface area contributed by atoms with Crippen molar-refractivity contribution in [1.29, 1.82) is 0 Å². The third-order valence-electron chi connectivity index (χ3n) is 6.22. The molecule has 182 valence electrons. The Bertz CT molecular complexity index is 1520. The number of hydrogen-bond acceptors (Lipinski definition) is 6. The summed E-state index contributed by atoms with van der Waals surface area (Å²) in [5.74, 6) is 0.899. The predicted octanol–water partition coefficient (Wildman–Crippen LogP) is 3.03. The summed E-state index contributed by atoms with van der Waals surface area (Å²) in [4.78, 5) is 32.0. The highest BCUT2D eigenvalue weighted by atomic mass is 16.5. The molecule has 3 N–H and O–H groups in total. The molecule has 10 heteroatoms. The highest BCUT2D eigenvalue weighted by molar-refractivity contribution is 6.05. The summed E-state index contributed by atoms with van der Waals surface area (Å²) >= 11 is 0. The number of aromatic nitrogens is 3. The highest BCUT2D eigenvalue weighted by Gasteiger charge is 2.31. The van der Waals surface area contributed by atoms with E-state index in [-0.39, 0.29) is 29.2 Å². The molecule has 0 aliphatic carbocycles. The van der Waals surface area contributed by atoms with Crippen molar-refractivity contribution in [2.24, 2.45) is 10.9 Å². The molecule has 1 amide bonds. The van der Waals surface area contributed by atoms with Crippen molar-refractivity contribution < 1.29 is 14.7 Å². The molecule has 5 rings (SSSR count). The molecule has 0 bridgehead atoms. The number of para-hydroxylation sites is 1. The summed E-state index contributed by atoms with van der Waals surface area (Å²) in [7, 11) is 0. The molecule has 2 aromatic heterocycles. The lowest BCUT2D eigenvalue weighted by atomic mass is 10.2. The van der Waals surface area contributed by atoms with E-state index >= 15 is 0 Å². The summed E-state index contributed by atoms with van der Waals surface area (Å²) in [5, 5.41) is 12.5. The second-order valence-electron chi connectivity index (χ2n) is 8.34. The van der Waals surface area contributed by atoms with Crippen molar-refractivity contribution in [1.82, 2.24) is 19.0 Å². The van der Waals surface area contributed by atoms with Gasteiger partial charge in [0.05, 0.1) is 17.2 Å². The Hall–Kier alpha value is -4.86. The molecule has 0 unspecified atom stereocenters. The number of ether oxygens (including phenoxy) is 1. The Labute approximate surface area is 206 Å². The van der Waals surface area contributed by atoms with E-state index in [0.29, 0.717) is 47.7 Å². The third kappa shape index (κ3) is 3.98. The fourth-order valence-electron chi connectivity index (χ4n) is 4.56. The first-order chi connectivity index (χ1) is 17.5. The standard InChI is InChI=1S/C26H24N6O4/c1-2-22(33)30-15-13-18(16-30)31-21-12-14-28-23(25(27)29-35)24(21)32(26(31)34)17-8-10-20(11-9-17)36-19-6-4-3-5-7-19/h2-12,14,18,35H,1,13,15-16H2,(H2,27,29)/t18-/m1/s1. The van der Waals surface area contributed by atoms with Crippen molar-refractivity contribution >= 4 is 22.8 Å². The van der Waals surface area contributed by atoms with Crippen LogP contribution < -0.4 is 16.2 Å². The van der Waals surface area contributed by atoms with Crippen LogP contribution in [0.1, 0.15) is 18.2 Å².